The molecule has 0 aromatic carbocycles. The number of rotatable bonds is 5. The van der Waals surface area contributed by atoms with E-state index in [2.05, 4.69) is 11.1 Å². The Balaban J connectivity index is 3.09. The zero-order valence-corrected chi connectivity index (χ0v) is 10.6. The van der Waals surface area contributed by atoms with E-state index >= 15 is 0 Å². The number of carbonyl (C=O) groups is 1. The molecule has 0 saturated heterocycles. The number of sulfonamides is 1. The van der Waals surface area contributed by atoms with Gasteiger partial charge in [-0.25, -0.2) is 8.42 Å². The van der Waals surface area contributed by atoms with Gasteiger partial charge in [0.05, 0.1) is 0 Å². The molecule has 0 radical (unpaired) electrons. The van der Waals surface area contributed by atoms with Crippen molar-refractivity contribution in [3.63, 3.8) is 0 Å². The zero-order chi connectivity index (χ0) is 13.9. The molecule has 0 aliphatic heterocycles. The van der Waals surface area contributed by atoms with Gasteiger partial charge >= 0.3 is 5.97 Å². The maximum atomic E-state index is 12.0. The molecule has 1 unspecified atom stereocenters. The van der Waals surface area contributed by atoms with Crippen LogP contribution in [0.25, 0.3) is 0 Å². The summed E-state index contributed by atoms with van der Waals surface area (Å²) >= 11 is 0. The Kier molecular flexibility index (Phi) is 4.11. The molecule has 1 rings (SSSR count). The number of nitrogens with zero attached hydrogens (tertiary/aromatic N) is 1. The molecule has 1 aromatic rings. The summed E-state index contributed by atoms with van der Waals surface area (Å²) in [5.41, 5.74) is 0.157. The van der Waals surface area contributed by atoms with Gasteiger partial charge in [0, 0.05) is 6.42 Å². The highest BCUT2D eigenvalue weighted by Gasteiger charge is 2.29. The van der Waals surface area contributed by atoms with Crippen molar-refractivity contribution in [1.82, 2.24) is 9.88 Å². The molecule has 1 atom stereocenters. The lowest BCUT2D eigenvalue weighted by molar-refractivity contribution is -0.138. The third kappa shape index (κ3) is 2.88. The summed E-state index contributed by atoms with van der Waals surface area (Å²) in [6.07, 6.45) is 4.73. The fraction of sp³-hybridized carbons (Fsp3) is 0.400. The van der Waals surface area contributed by atoms with E-state index in [1.807, 2.05) is 4.72 Å². The Morgan fingerprint density at radius 3 is 2.61 bits per heavy atom. The van der Waals surface area contributed by atoms with Gasteiger partial charge in [-0.05, 0) is 13.8 Å². The van der Waals surface area contributed by atoms with Crippen molar-refractivity contribution in [2.24, 2.45) is 0 Å². The molecule has 0 saturated carbocycles. The maximum Gasteiger partial charge on any atom is 0.322 e. The van der Waals surface area contributed by atoms with Crippen LogP contribution in [-0.2, 0) is 14.8 Å². The summed E-state index contributed by atoms with van der Waals surface area (Å²) in [6, 6.07) is -1.38. The molecule has 0 spiro atoms. The highest BCUT2D eigenvalue weighted by molar-refractivity contribution is 7.89. The first-order chi connectivity index (χ1) is 8.29. The fourth-order valence-electron chi connectivity index (χ4n) is 1.40. The van der Waals surface area contributed by atoms with Gasteiger partial charge in [-0.15, -0.1) is 12.3 Å². The van der Waals surface area contributed by atoms with Gasteiger partial charge < -0.3 is 9.63 Å². The van der Waals surface area contributed by atoms with E-state index in [9.17, 15) is 13.2 Å². The molecule has 1 heterocycles. The molecule has 0 fully saturated rings. The summed E-state index contributed by atoms with van der Waals surface area (Å²) in [7, 11) is -4.03. The van der Waals surface area contributed by atoms with Crippen LogP contribution in [0.4, 0.5) is 0 Å². The summed E-state index contributed by atoms with van der Waals surface area (Å²) in [4.78, 5) is 10.7. The van der Waals surface area contributed by atoms with Gasteiger partial charge in [-0.2, -0.15) is 4.72 Å². The van der Waals surface area contributed by atoms with Gasteiger partial charge in [0.25, 0.3) is 0 Å². The van der Waals surface area contributed by atoms with Crippen molar-refractivity contribution in [3.05, 3.63) is 11.5 Å². The molecule has 98 valence electrons. The summed E-state index contributed by atoms with van der Waals surface area (Å²) < 4.78 is 30.7. The molecule has 0 aliphatic carbocycles. The topological polar surface area (TPSA) is 110 Å². The van der Waals surface area contributed by atoms with E-state index in [0.717, 1.165) is 0 Å². The molecule has 2 N–H and O–H groups in total. The Bertz CT molecular complexity index is 577. The predicted octanol–water partition coefficient (Wildman–Crippen LogP) is 0.0462. The Labute approximate surface area is 104 Å². The lowest BCUT2D eigenvalue weighted by atomic mass is 10.2. The third-order valence-electron chi connectivity index (χ3n) is 2.15. The largest absolute Gasteiger partial charge is 0.480 e. The third-order valence-corrected chi connectivity index (χ3v) is 3.87. The lowest BCUT2D eigenvalue weighted by Gasteiger charge is -2.11. The highest BCUT2D eigenvalue weighted by atomic mass is 32.2. The van der Waals surface area contributed by atoms with Crippen LogP contribution in [0, 0.1) is 26.2 Å². The van der Waals surface area contributed by atoms with Gasteiger partial charge in [0.15, 0.2) is 5.76 Å². The molecule has 8 heteroatoms. The average Bonchev–Trinajstić information content (AvgIpc) is 2.58. The summed E-state index contributed by atoms with van der Waals surface area (Å²) in [6.45, 7) is 2.87. The highest BCUT2D eigenvalue weighted by Crippen LogP contribution is 2.19. The first kappa shape index (κ1) is 14.2. The van der Waals surface area contributed by atoms with E-state index < -0.39 is 22.0 Å². The number of hydrogen-bond acceptors (Lipinski definition) is 5. The second-order valence-electron chi connectivity index (χ2n) is 3.57. The molecule has 0 bridgehead atoms. The molecule has 7 nitrogen and oxygen atoms in total. The van der Waals surface area contributed by atoms with Crippen molar-refractivity contribution in [2.45, 2.75) is 31.2 Å². The molecule has 0 amide bonds. The van der Waals surface area contributed by atoms with Crippen LogP contribution in [0.3, 0.4) is 0 Å². The number of aromatic nitrogens is 1. The smallest absolute Gasteiger partial charge is 0.322 e. The van der Waals surface area contributed by atoms with Crippen molar-refractivity contribution < 1.29 is 22.8 Å². The molecule has 18 heavy (non-hydrogen) atoms. The molecule has 0 aliphatic rings. The molecular formula is C10H12N2O5S. The lowest BCUT2D eigenvalue weighted by Crippen LogP contribution is -2.40. The first-order valence-corrected chi connectivity index (χ1v) is 6.39. The van der Waals surface area contributed by atoms with Crippen LogP contribution < -0.4 is 4.72 Å². The van der Waals surface area contributed by atoms with E-state index in [0.29, 0.717) is 0 Å². The number of carboxylic acid groups (broad SMARTS) is 1. The number of terminal acetylenes is 1. The fourth-order valence-corrected chi connectivity index (χ4v) is 2.92. The Hall–Kier alpha value is -1.85. The SMILES string of the molecule is C#CCC(NS(=O)(=O)c1c(C)noc1C)C(=O)O. The minimum atomic E-state index is -4.03. The van der Waals surface area contributed by atoms with Crippen LogP contribution in [0.1, 0.15) is 17.9 Å². The Morgan fingerprint density at radius 1 is 1.61 bits per heavy atom. The van der Waals surface area contributed by atoms with Gasteiger partial charge in [0.1, 0.15) is 16.6 Å². The van der Waals surface area contributed by atoms with Crippen molar-refractivity contribution >= 4 is 16.0 Å². The zero-order valence-electron chi connectivity index (χ0n) is 9.80. The summed E-state index contributed by atoms with van der Waals surface area (Å²) in [5.74, 6) is 0.843. The van der Waals surface area contributed by atoms with Crippen LogP contribution >= 0.6 is 0 Å². The van der Waals surface area contributed by atoms with E-state index in [1.54, 1.807) is 0 Å². The number of hydrogen-bond donors (Lipinski definition) is 2. The van der Waals surface area contributed by atoms with Gasteiger partial charge in [-0.1, -0.05) is 5.16 Å². The number of aryl methyl sites for hydroxylation is 2. The standard InChI is InChI=1S/C10H12N2O5S/c1-4-5-8(10(13)14)12-18(15,16)9-6(2)11-17-7(9)3/h1,8,12H,5H2,2-3H3,(H,13,14). The number of nitrogens with one attached hydrogen (secondary N) is 1. The van der Waals surface area contributed by atoms with E-state index in [-0.39, 0.29) is 22.8 Å². The number of aliphatic carboxylic acids is 1. The minimum absolute atomic E-state index is 0.0878. The van der Waals surface area contributed by atoms with Crippen LogP contribution in [-0.4, -0.2) is 30.7 Å². The van der Waals surface area contributed by atoms with Crippen molar-refractivity contribution in [1.29, 1.82) is 0 Å². The van der Waals surface area contributed by atoms with Crippen LogP contribution in [0.15, 0.2) is 9.42 Å². The van der Waals surface area contributed by atoms with E-state index in [4.69, 9.17) is 16.1 Å². The first-order valence-electron chi connectivity index (χ1n) is 4.91. The van der Waals surface area contributed by atoms with Gasteiger partial charge in [0.2, 0.25) is 10.0 Å². The van der Waals surface area contributed by atoms with Gasteiger partial charge in [-0.3, -0.25) is 4.79 Å². The Morgan fingerprint density at radius 2 is 2.22 bits per heavy atom. The second-order valence-corrected chi connectivity index (χ2v) is 5.22. The van der Waals surface area contributed by atoms with Crippen molar-refractivity contribution in [2.75, 3.05) is 0 Å². The molecular weight excluding hydrogens is 260 g/mol. The summed E-state index contributed by atoms with van der Waals surface area (Å²) in [5, 5.41) is 12.3. The van der Waals surface area contributed by atoms with Crippen LogP contribution in [0.2, 0.25) is 0 Å². The minimum Gasteiger partial charge on any atom is -0.480 e. The van der Waals surface area contributed by atoms with E-state index in [1.165, 1.54) is 13.8 Å². The second kappa shape index (κ2) is 5.20. The average molecular weight is 272 g/mol. The van der Waals surface area contributed by atoms with Crippen molar-refractivity contribution in [3.8, 4) is 12.3 Å². The predicted molar refractivity (Wildman–Crippen MR) is 61.2 cm³/mol. The number of carboxylic acids is 1. The quantitative estimate of drug-likeness (QED) is 0.733. The monoisotopic (exact) mass is 272 g/mol. The normalized spacial score (nSPS) is 12.9. The van der Waals surface area contributed by atoms with Crippen LogP contribution in [0.5, 0.6) is 0 Å². The maximum absolute atomic E-state index is 12.0. The molecule has 1 aromatic heterocycles.